The minimum absolute atomic E-state index is 0.0246. The van der Waals surface area contributed by atoms with Gasteiger partial charge in [0.05, 0.1) is 24.1 Å². The number of aromatic nitrogens is 5. The number of hydrogen-bond acceptors (Lipinski definition) is 9. The van der Waals surface area contributed by atoms with E-state index in [1.165, 1.54) is 21.8 Å². The molecule has 1 saturated carbocycles. The molecule has 2 aliphatic rings. The number of amides is 2. The van der Waals surface area contributed by atoms with Crippen LogP contribution in [0.2, 0.25) is 0 Å². The molecule has 12 nitrogen and oxygen atoms in total. The zero-order chi connectivity index (χ0) is 31.3. The van der Waals surface area contributed by atoms with E-state index in [9.17, 15) is 28.3 Å². The number of aryl methyl sites for hydroxylation is 1. The van der Waals surface area contributed by atoms with Gasteiger partial charge in [-0.3, -0.25) is 24.1 Å². The van der Waals surface area contributed by atoms with Gasteiger partial charge in [-0.2, -0.15) is 0 Å². The van der Waals surface area contributed by atoms with E-state index in [2.05, 4.69) is 20.5 Å². The largest absolute Gasteiger partial charge is 0.502 e. The first-order valence-corrected chi connectivity index (χ1v) is 14.8. The number of carbonyl (C=O) groups is 2. The molecule has 15 heteroatoms. The van der Waals surface area contributed by atoms with Crippen LogP contribution in [-0.4, -0.2) is 66.0 Å². The quantitative estimate of drug-likeness (QED) is 0.334. The monoisotopic (exact) mass is 624 g/mol. The molecule has 230 valence electrons. The average molecular weight is 625 g/mol. The first kappa shape index (κ1) is 29.4. The normalized spacial score (nSPS) is 19.8. The zero-order valence-electron chi connectivity index (χ0n) is 24.3. The smallest absolute Gasteiger partial charge is 0.278 e. The molecule has 0 saturated heterocycles. The highest BCUT2D eigenvalue weighted by Gasteiger charge is 2.50. The summed E-state index contributed by atoms with van der Waals surface area (Å²) in [6.07, 6.45) is 6.98. The molecule has 2 amide bonds. The molecule has 1 fully saturated rings. The van der Waals surface area contributed by atoms with E-state index in [1.807, 2.05) is 22.8 Å². The van der Waals surface area contributed by atoms with Gasteiger partial charge in [0.1, 0.15) is 22.3 Å². The molecular formula is C29H30F2N8O4S. The summed E-state index contributed by atoms with van der Waals surface area (Å²) in [5, 5.41) is 24.4. The third-order valence-corrected chi connectivity index (χ3v) is 9.59. The Labute approximate surface area is 254 Å². The number of nitrogens with zero attached hydrogens (tertiary/aromatic N) is 7. The molecule has 0 unspecified atom stereocenters. The van der Waals surface area contributed by atoms with Crippen LogP contribution >= 0.6 is 11.3 Å². The summed E-state index contributed by atoms with van der Waals surface area (Å²) in [7, 11) is 5.26. The molecule has 4 aromatic rings. The van der Waals surface area contributed by atoms with Crippen molar-refractivity contribution in [2.45, 2.75) is 44.3 Å². The Bertz CT molecular complexity index is 1830. The van der Waals surface area contributed by atoms with Gasteiger partial charge < -0.3 is 19.9 Å². The van der Waals surface area contributed by atoms with Crippen LogP contribution in [0.15, 0.2) is 41.7 Å². The van der Waals surface area contributed by atoms with Crippen molar-refractivity contribution in [1.82, 2.24) is 34.6 Å². The van der Waals surface area contributed by atoms with E-state index in [0.717, 1.165) is 29.2 Å². The average Bonchev–Trinajstić information content (AvgIpc) is 3.65. The lowest BCUT2D eigenvalue weighted by Gasteiger charge is -2.55. The standard InChI is InChI=1S/C29H30F2N8O4S/c1-36-13-19(33-15-36)12-32-26(42)16-6-8-29(9-7-16)37(2)28(43)23-25(41)24(40)20(14-39(23)38(29)3)27-35-34-22(44-27)10-17-4-5-18(30)11-21(17)31/h4-5,11,13-16,41H,6-10,12H2,1-3H3,(H,32,42). The summed E-state index contributed by atoms with van der Waals surface area (Å²) in [4.78, 5) is 45.6. The van der Waals surface area contributed by atoms with Gasteiger partial charge in [0, 0.05) is 51.9 Å². The van der Waals surface area contributed by atoms with Gasteiger partial charge in [-0.05, 0) is 37.3 Å². The van der Waals surface area contributed by atoms with Crippen molar-refractivity contribution in [3.05, 3.63) is 80.7 Å². The summed E-state index contributed by atoms with van der Waals surface area (Å²) >= 11 is 1.03. The van der Waals surface area contributed by atoms with E-state index in [1.54, 1.807) is 20.4 Å². The van der Waals surface area contributed by atoms with Crippen molar-refractivity contribution in [3.63, 3.8) is 0 Å². The van der Waals surface area contributed by atoms with Crippen molar-refractivity contribution in [3.8, 4) is 16.3 Å². The fraction of sp³-hybridized carbons (Fsp3) is 0.379. The molecule has 3 aromatic heterocycles. The Kier molecular flexibility index (Phi) is 7.43. The van der Waals surface area contributed by atoms with Crippen molar-refractivity contribution < 1.29 is 23.5 Å². The molecule has 0 radical (unpaired) electrons. The molecule has 2 N–H and O–H groups in total. The van der Waals surface area contributed by atoms with Crippen LogP contribution in [0.4, 0.5) is 8.78 Å². The Morgan fingerprint density at radius 3 is 2.57 bits per heavy atom. The Morgan fingerprint density at radius 2 is 1.89 bits per heavy atom. The van der Waals surface area contributed by atoms with Gasteiger partial charge in [0.25, 0.3) is 5.91 Å². The number of rotatable bonds is 6. The Balaban J connectivity index is 1.24. The maximum atomic E-state index is 14.2. The molecule has 1 aliphatic heterocycles. The summed E-state index contributed by atoms with van der Waals surface area (Å²) in [5.74, 6) is -2.97. The molecular weight excluding hydrogens is 594 g/mol. The van der Waals surface area contributed by atoms with Gasteiger partial charge in [0.15, 0.2) is 16.5 Å². The van der Waals surface area contributed by atoms with Crippen LogP contribution in [0.3, 0.4) is 0 Å². The van der Waals surface area contributed by atoms with Crippen molar-refractivity contribution in [2.75, 3.05) is 19.1 Å². The molecule has 6 rings (SSSR count). The van der Waals surface area contributed by atoms with Crippen LogP contribution in [0, 0.1) is 17.6 Å². The number of aromatic hydroxyl groups is 1. The fourth-order valence-corrected chi connectivity index (χ4v) is 6.96. The fourth-order valence-electron chi connectivity index (χ4n) is 6.09. The predicted molar refractivity (Wildman–Crippen MR) is 156 cm³/mol. The van der Waals surface area contributed by atoms with Crippen LogP contribution in [-0.2, 0) is 24.8 Å². The van der Waals surface area contributed by atoms with E-state index >= 15 is 0 Å². The zero-order valence-corrected chi connectivity index (χ0v) is 25.1. The topological polar surface area (TPSA) is 138 Å². The van der Waals surface area contributed by atoms with Crippen molar-refractivity contribution in [1.29, 1.82) is 0 Å². The first-order valence-electron chi connectivity index (χ1n) is 14.0. The molecule has 0 bridgehead atoms. The molecule has 4 heterocycles. The summed E-state index contributed by atoms with van der Waals surface area (Å²) < 4.78 is 30.8. The minimum Gasteiger partial charge on any atom is -0.502 e. The first-order chi connectivity index (χ1) is 21.0. The Hall–Kier alpha value is -4.66. The lowest BCUT2D eigenvalue weighted by molar-refractivity contribution is -0.127. The number of fused-ring (bicyclic) bond motifs is 1. The van der Waals surface area contributed by atoms with Gasteiger partial charge in [0.2, 0.25) is 11.3 Å². The number of benzene rings is 1. The third kappa shape index (κ3) is 5.00. The highest BCUT2D eigenvalue weighted by molar-refractivity contribution is 7.14. The molecule has 0 atom stereocenters. The second-order valence-corrected chi connectivity index (χ2v) is 12.3. The number of carbonyl (C=O) groups excluding carboxylic acids is 2. The van der Waals surface area contributed by atoms with Crippen LogP contribution in [0.1, 0.15) is 52.4 Å². The van der Waals surface area contributed by atoms with Gasteiger partial charge >= 0.3 is 0 Å². The van der Waals surface area contributed by atoms with E-state index < -0.39 is 34.4 Å². The van der Waals surface area contributed by atoms with Gasteiger partial charge in [-0.15, -0.1) is 10.2 Å². The van der Waals surface area contributed by atoms with E-state index in [4.69, 9.17) is 0 Å². The van der Waals surface area contributed by atoms with Crippen LogP contribution < -0.4 is 15.8 Å². The van der Waals surface area contributed by atoms with E-state index in [-0.39, 0.29) is 40.1 Å². The molecule has 1 aromatic carbocycles. The van der Waals surface area contributed by atoms with Crippen LogP contribution in [0.5, 0.6) is 5.75 Å². The number of imidazole rings is 1. The minimum atomic E-state index is -0.812. The summed E-state index contributed by atoms with van der Waals surface area (Å²) in [5.41, 5.74) is -0.773. The summed E-state index contributed by atoms with van der Waals surface area (Å²) in [6.45, 7) is 0.328. The maximum absolute atomic E-state index is 14.2. The van der Waals surface area contributed by atoms with Gasteiger partial charge in [-0.25, -0.2) is 13.8 Å². The molecule has 1 spiro atoms. The maximum Gasteiger partial charge on any atom is 0.278 e. The third-order valence-electron chi connectivity index (χ3n) is 8.63. The lowest BCUT2D eigenvalue weighted by atomic mass is 9.79. The molecule has 44 heavy (non-hydrogen) atoms. The van der Waals surface area contributed by atoms with Crippen molar-refractivity contribution in [2.24, 2.45) is 13.0 Å². The van der Waals surface area contributed by atoms with E-state index in [0.29, 0.717) is 37.2 Å². The Morgan fingerprint density at radius 1 is 1.14 bits per heavy atom. The summed E-state index contributed by atoms with van der Waals surface area (Å²) in [6, 6.07) is 3.25. The SMILES string of the molecule is CN1C(=O)c2c(O)c(=O)c(-c3nnc(Cc4ccc(F)cc4F)s3)cn2N(C)C12CCC(C(=O)NCc1cn(C)cn1)CC2. The highest BCUT2D eigenvalue weighted by atomic mass is 32.1. The predicted octanol–water partition coefficient (Wildman–Crippen LogP) is 2.53. The van der Waals surface area contributed by atoms with Crippen LogP contribution in [0.25, 0.3) is 10.6 Å². The van der Waals surface area contributed by atoms with Gasteiger partial charge in [-0.1, -0.05) is 17.4 Å². The second-order valence-electron chi connectivity index (χ2n) is 11.2. The number of pyridine rings is 1. The molecule has 1 aliphatic carbocycles. The second kappa shape index (κ2) is 11.1. The number of halogens is 2. The highest BCUT2D eigenvalue weighted by Crippen LogP contribution is 2.42. The lowest BCUT2D eigenvalue weighted by Crippen LogP contribution is -2.69. The number of hydrogen-bond donors (Lipinski definition) is 2. The van der Waals surface area contributed by atoms with Crippen molar-refractivity contribution >= 4 is 23.2 Å². The number of nitrogens with one attached hydrogen (secondary N) is 1.